The Labute approximate surface area is 89.7 Å². The molecular weight excluding hydrogens is 219 g/mol. The van der Waals surface area contributed by atoms with Crippen molar-refractivity contribution >= 4 is 5.52 Å². The van der Waals surface area contributed by atoms with Gasteiger partial charge in [0.2, 0.25) is 5.82 Å². The lowest BCUT2D eigenvalue weighted by molar-refractivity contribution is -0.145. The molecule has 0 amide bonds. The number of imidazole rings is 1. The van der Waals surface area contributed by atoms with Crippen molar-refractivity contribution < 1.29 is 13.2 Å². The highest BCUT2D eigenvalue weighted by molar-refractivity contribution is 5.53. The number of hydrogen-bond acceptors (Lipinski definition) is 2. The molecule has 6 heteroatoms. The summed E-state index contributed by atoms with van der Waals surface area (Å²) in [7, 11) is 0. The van der Waals surface area contributed by atoms with Gasteiger partial charge < -0.3 is 5.73 Å². The molecule has 0 aliphatic heterocycles. The van der Waals surface area contributed by atoms with Crippen molar-refractivity contribution in [1.29, 1.82) is 0 Å². The second kappa shape index (κ2) is 3.79. The van der Waals surface area contributed by atoms with E-state index in [1.165, 1.54) is 12.3 Å². The van der Waals surface area contributed by atoms with Crippen LogP contribution in [-0.4, -0.2) is 15.9 Å². The summed E-state index contributed by atoms with van der Waals surface area (Å²) >= 11 is 0. The Morgan fingerprint density at radius 1 is 1.31 bits per heavy atom. The summed E-state index contributed by atoms with van der Waals surface area (Å²) in [6.07, 6.45) is -2.76. The number of hydrogen-bond donors (Lipinski definition) is 1. The highest BCUT2D eigenvalue weighted by Gasteiger charge is 2.36. The molecule has 0 aromatic carbocycles. The smallest absolute Gasteiger partial charge is 0.330 e. The van der Waals surface area contributed by atoms with Crippen LogP contribution < -0.4 is 5.73 Å². The summed E-state index contributed by atoms with van der Waals surface area (Å²) in [6, 6.07) is 4.82. The average molecular weight is 229 g/mol. The molecule has 0 saturated carbocycles. The molecule has 0 saturated heterocycles. The van der Waals surface area contributed by atoms with Gasteiger partial charge in [-0.1, -0.05) is 6.07 Å². The van der Waals surface area contributed by atoms with Gasteiger partial charge in [-0.15, -0.1) is 0 Å². The van der Waals surface area contributed by atoms with Gasteiger partial charge in [0.1, 0.15) is 0 Å². The average Bonchev–Trinajstić information content (AvgIpc) is 2.58. The molecule has 2 N–H and O–H groups in total. The van der Waals surface area contributed by atoms with Gasteiger partial charge in [0.25, 0.3) is 0 Å². The zero-order chi connectivity index (χ0) is 11.8. The summed E-state index contributed by atoms with van der Waals surface area (Å²) in [6.45, 7) is 0.277. The van der Waals surface area contributed by atoms with Gasteiger partial charge >= 0.3 is 6.18 Å². The SMILES string of the molecule is NCCc1nc(C(F)(F)F)n2ccccc12. The molecule has 86 valence electrons. The standard InChI is InChI=1S/C10H10F3N3/c11-10(12,13)9-15-7(4-5-14)8-3-1-2-6-16(8)9/h1-3,6H,4-5,14H2. The van der Waals surface area contributed by atoms with Crippen molar-refractivity contribution in [3.63, 3.8) is 0 Å². The number of pyridine rings is 1. The van der Waals surface area contributed by atoms with Gasteiger partial charge in [0, 0.05) is 12.6 Å². The predicted molar refractivity (Wildman–Crippen MR) is 53.0 cm³/mol. The van der Waals surface area contributed by atoms with Crippen LogP contribution in [0, 0.1) is 0 Å². The van der Waals surface area contributed by atoms with Gasteiger partial charge in [0.05, 0.1) is 11.2 Å². The van der Waals surface area contributed by atoms with Crippen LogP contribution in [0.25, 0.3) is 5.52 Å². The first kappa shape index (κ1) is 10.9. The number of aromatic nitrogens is 2. The van der Waals surface area contributed by atoms with Crippen LogP contribution in [0.1, 0.15) is 11.5 Å². The number of nitrogens with two attached hydrogens (primary N) is 1. The van der Waals surface area contributed by atoms with Crippen LogP contribution in [-0.2, 0) is 12.6 Å². The van der Waals surface area contributed by atoms with Gasteiger partial charge in [-0.05, 0) is 18.7 Å². The normalized spacial score (nSPS) is 12.2. The van der Waals surface area contributed by atoms with E-state index in [2.05, 4.69) is 4.98 Å². The third kappa shape index (κ3) is 1.76. The molecule has 0 bridgehead atoms. The Morgan fingerprint density at radius 3 is 2.69 bits per heavy atom. The number of nitrogens with zero attached hydrogens (tertiary/aromatic N) is 2. The van der Waals surface area contributed by atoms with E-state index in [4.69, 9.17) is 5.73 Å². The second-order valence-corrected chi connectivity index (χ2v) is 3.37. The highest BCUT2D eigenvalue weighted by atomic mass is 19.4. The zero-order valence-electron chi connectivity index (χ0n) is 8.33. The largest absolute Gasteiger partial charge is 0.450 e. The third-order valence-electron chi connectivity index (χ3n) is 2.26. The minimum absolute atomic E-state index is 0.277. The van der Waals surface area contributed by atoms with Crippen LogP contribution in [0.5, 0.6) is 0 Å². The summed E-state index contributed by atoms with van der Waals surface area (Å²) < 4.78 is 39.0. The first-order valence-electron chi connectivity index (χ1n) is 4.77. The Hall–Kier alpha value is -1.56. The minimum atomic E-state index is -4.45. The zero-order valence-corrected chi connectivity index (χ0v) is 8.33. The van der Waals surface area contributed by atoms with Crippen LogP contribution >= 0.6 is 0 Å². The van der Waals surface area contributed by atoms with Gasteiger partial charge in [-0.25, -0.2) is 4.98 Å². The van der Waals surface area contributed by atoms with Gasteiger partial charge in [0.15, 0.2) is 0 Å². The topological polar surface area (TPSA) is 43.3 Å². The maximum absolute atomic E-state index is 12.7. The van der Waals surface area contributed by atoms with Crippen LogP contribution in [0.3, 0.4) is 0 Å². The highest BCUT2D eigenvalue weighted by Crippen LogP contribution is 2.30. The Bertz CT molecular complexity index is 501. The molecule has 2 aromatic heterocycles. The lowest BCUT2D eigenvalue weighted by Gasteiger charge is -2.03. The number of halogens is 3. The number of alkyl halides is 3. The first-order chi connectivity index (χ1) is 7.54. The molecule has 0 spiro atoms. The van der Waals surface area contributed by atoms with Crippen LogP contribution in [0.4, 0.5) is 13.2 Å². The van der Waals surface area contributed by atoms with E-state index in [1.807, 2.05) is 0 Å². The molecule has 2 rings (SSSR count). The van der Waals surface area contributed by atoms with Gasteiger partial charge in [-0.2, -0.15) is 13.2 Å². The molecule has 3 nitrogen and oxygen atoms in total. The maximum atomic E-state index is 12.7. The van der Waals surface area contributed by atoms with Crippen molar-refractivity contribution in [1.82, 2.24) is 9.38 Å². The van der Waals surface area contributed by atoms with E-state index in [-0.39, 0.29) is 6.54 Å². The predicted octanol–water partition coefficient (Wildman–Crippen LogP) is 1.85. The molecule has 2 heterocycles. The summed E-state index contributed by atoms with van der Waals surface area (Å²) in [4.78, 5) is 3.61. The monoisotopic (exact) mass is 229 g/mol. The van der Waals surface area contributed by atoms with Crippen molar-refractivity contribution in [2.24, 2.45) is 5.73 Å². The fraction of sp³-hybridized carbons (Fsp3) is 0.300. The van der Waals surface area contributed by atoms with Crippen molar-refractivity contribution in [2.45, 2.75) is 12.6 Å². The lowest BCUT2D eigenvalue weighted by Crippen LogP contribution is -2.10. The quantitative estimate of drug-likeness (QED) is 0.854. The minimum Gasteiger partial charge on any atom is -0.330 e. The molecule has 0 aliphatic rings. The van der Waals surface area contributed by atoms with E-state index in [0.717, 1.165) is 4.40 Å². The molecule has 0 radical (unpaired) electrons. The van der Waals surface area contributed by atoms with E-state index < -0.39 is 12.0 Å². The second-order valence-electron chi connectivity index (χ2n) is 3.37. The van der Waals surface area contributed by atoms with Crippen molar-refractivity contribution in [3.8, 4) is 0 Å². The molecule has 0 atom stereocenters. The molecule has 0 aliphatic carbocycles. The fourth-order valence-corrected chi connectivity index (χ4v) is 1.62. The van der Waals surface area contributed by atoms with E-state index in [9.17, 15) is 13.2 Å². The summed E-state index contributed by atoms with van der Waals surface area (Å²) in [5.41, 5.74) is 6.18. The van der Waals surface area contributed by atoms with E-state index >= 15 is 0 Å². The molecular formula is C10H10F3N3. The molecule has 2 aromatic rings. The Kier molecular flexibility index (Phi) is 2.59. The third-order valence-corrected chi connectivity index (χ3v) is 2.26. The Morgan fingerprint density at radius 2 is 2.06 bits per heavy atom. The lowest BCUT2D eigenvalue weighted by atomic mass is 10.2. The van der Waals surface area contributed by atoms with E-state index in [1.54, 1.807) is 12.1 Å². The van der Waals surface area contributed by atoms with Gasteiger partial charge in [-0.3, -0.25) is 4.40 Å². The van der Waals surface area contributed by atoms with Crippen LogP contribution in [0.15, 0.2) is 24.4 Å². The summed E-state index contributed by atoms with van der Waals surface area (Å²) in [5, 5.41) is 0. The fourth-order valence-electron chi connectivity index (χ4n) is 1.62. The maximum Gasteiger partial charge on any atom is 0.450 e. The van der Waals surface area contributed by atoms with Crippen molar-refractivity contribution in [2.75, 3.05) is 6.54 Å². The molecule has 16 heavy (non-hydrogen) atoms. The first-order valence-corrected chi connectivity index (χ1v) is 4.77. The number of fused-ring (bicyclic) bond motifs is 1. The van der Waals surface area contributed by atoms with E-state index in [0.29, 0.717) is 17.6 Å². The van der Waals surface area contributed by atoms with Crippen LogP contribution in [0.2, 0.25) is 0 Å². The summed E-state index contributed by atoms with van der Waals surface area (Å²) in [5.74, 6) is -0.897. The number of rotatable bonds is 2. The van der Waals surface area contributed by atoms with Crippen molar-refractivity contribution in [3.05, 3.63) is 35.9 Å². The molecule has 0 fully saturated rings. The Balaban J connectivity index is 2.67. The molecule has 0 unspecified atom stereocenters.